The lowest BCUT2D eigenvalue weighted by Gasteiger charge is -2.29. The van der Waals surface area contributed by atoms with Crippen LogP contribution in [0.5, 0.6) is 0 Å². The number of aryl methyl sites for hydroxylation is 2. The number of hydrogen-bond donors (Lipinski definition) is 2. The molecule has 0 saturated carbocycles. The van der Waals surface area contributed by atoms with Crippen LogP contribution >= 0.6 is 0 Å². The Kier molecular flexibility index (Phi) is 4.81. The van der Waals surface area contributed by atoms with Crippen LogP contribution in [-0.4, -0.2) is 28.3 Å². The van der Waals surface area contributed by atoms with E-state index in [1.807, 2.05) is 17.8 Å². The van der Waals surface area contributed by atoms with E-state index in [9.17, 15) is 4.79 Å². The lowest BCUT2D eigenvalue weighted by molar-refractivity contribution is -0.120. The summed E-state index contributed by atoms with van der Waals surface area (Å²) in [6, 6.07) is 9.23. The van der Waals surface area contributed by atoms with Crippen molar-refractivity contribution in [2.45, 2.75) is 58.0 Å². The smallest absolute Gasteiger partial charge is 0.228 e. The van der Waals surface area contributed by atoms with Crippen LogP contribution in [0.4, 0.5) is 5.82 Å². The Labute approximate surface area is 155 Å². The van der Waals surface area contributed by atoms with Crippen molar-refractivity contribution in [1.29, 1.82) is 0 Å². The molecule has 1 unspecified atom stereocenters. The molecule has 1 aliphatic heterocycles. The molecule has 1 fully saturated rings. The molecule has 0 radical (unpaired) electrons. The zero-order valence-electron chi connectivity index (χ0n) is 15.7. The molecule has 138 valence electrons. The number of anilines is 1. The van der Waals surface area contributed by atoms with Gasteiger partial charge in [0.05, 0.1) is 12.2 Å². The molecule has 2 aromatic rings. The van der Waals surface area contributed by atoms with Gasteiger partial charge in [-0.05, 0) is 63.6 Å². The van der Waals surface area contributed by atoms with E-state index in [1.54, 1.807) is 0 Å². The number of benzene rings is 1. The summed E-state index contributed by atoms with van der Waals surface area (Å²) in [6.45, 7) is 5.08. The third kappa shape index (κ3) is 3.28. The molecule has 0 spiro atoms. The maximum atomic E-state index is 12.9. The number of rotatable bonds is 3. The number of fused-ring (bicyclic) bond motifs is 1. The standard InChI is InChI=1S/C21H28N4O/c1-14-13-23-25(19-9-5-7-16-6-3-4-8-18(16)19)20(14)24-21(26)17-10-11-22-15(2)12-17/h3-4,6,8,13,15,17,19,22H,5,7,9-12H2,1-2H3,(H,24,26)/t15-,17-,19?/m0/s1. The highest BCUT2D eigenvalue weighted by Crippen LogP contribution is 2.35. The first-order valence-corrected chi connectivity index (χ1v) is 9.79. The Balaban J connectivity index is 1.60. The van der Waals surface area contributed by atoms with Gasteiger partial charge in [0.25, 0.3) is 0 Å². The second-order valence-corrected chi connectivity index (χ2v) is 7.79. The highest BCUT2D eigenvalue weighted by Gasteiger charge is 2.28. The molecular weight excluding hydrogens is 324 g/mol. The Morgan fingerprint density at radius 3 is 3.00 bits per heavy atom. The van der Waals surface area contributed by atoms with Gasteiger partial charge < -0.3 is 10.6 Å². The van der Waals surface area contributed by atoms with Gasteiger partial charge in [-0.3, -0.25) is 4.79 Å². The third-order valence-corrected chi connectivity index (χ3v) is 5.85. The van der Waals surface area contributed by atoms with Crippen molar-refractivity contribution in [3.63, 3.8) is 0 Å². The van der Waals surface area contributed by atoms with E-state index in [1.165, 1.54) is 11.1 Å². The molecule has 5 nitrogen and oxygen atoms in total. The van der Waals surface area contributed by atoms with Gasteiger partial charge in [0, 0.05) is 17.5 Å². The normalized spacial score (nSPS) is 25.5. The summed E-state index contributed by atoms with van der Waals surface area (Å²) in [4.78, 5) is 12.9. The summed E-state index contributed by atoms with van der Waals surface area (Å²) in [5.74, 6) is 1.07. The van der Waals surface area contributed by atoms with Crippen LogP contribution < -0.4 is 10.6 Å². The van der Waals surface area contributed by atoms with E-state index in [2.05, 4.69) is 46.9 Å². The van der Waals surface area contributed by atoms with Gasteiger partial charge in [-0.2, -0.15) is 5.10 Å². The Bertz CT molecular complexity index is 797. The first-order valence-electron chi connectivity index (χ1n) is 9.79. The average molecular weight is 352 g/mol. The molecule has 0 bridgehead atoms. The maximum Gasteiger partial charge on any atom is 0.228 e. The first kappa shape index (κ1) is 17.3. The highest BCUT2D eigenvalue weighted by atomic mass is 16.2. The topological polar surface area (TPSA) is 59.0 Å². The van der Waals surface area contributed by atoms with Crippen LogP contribution in [0.3, 0.4) is 0 Å². The van der Waals surface area contributed by atoms with Crippen molar-refractivity contribution in [2.24, 2.45) is 5.92 Å². The first-order chi connectivity index (χ1) is 12.6. The van der Waals surface area contributed by atoms with Crippen molar-refractivity contribution in [2.75, 3.05) is 11.9 Å². The van der Waals surface area contributed by atoms with Gasteiger partial charge in [0.2, 0.25) is 5.91 Å². The molecular formula is C21H28N4O. The van der Waals surface area contributed by atoms with Crippen molar-refractivity contribution in [3.05, 3.63) is 47.2 Å². The van der Waals surface area contributed by atoms with E-state index in [0.717, 1.165) is 50.0 Å². The van der Waals surface area contributed by atoms with Crippen LogP contribution in [0.2, 0.25) is 0 Å². The zero-order chi connectivity index (χ0) is 18.1. The van der Waals surface area contributed by atoms with E-state index < -0.39 is 0 Å². The summed E-state index contributed by atoms with van der Waals surface area (Å²) in [6.07, 6.45) is 7.01. The number of aromatic nitrogens is 2. The molecule has 1 amide bonds. The molecule has 2 N–H and O–H groups in total. The molecule has 1 aliphatic carbocycles. The van der Waals surface area contributed by atoms with Crippen LogP contribution in [-0.2, 0) is 11.2 Å². The average Bonchev–Trinajstić information content (AvgIpc) is 3.01. The number of carbonyl (C=O) groups excluding carboxylic acids is 1. The number of piperidine rings is 1. The minimum Gasteiger partial charge on any atom is -0.314 e. The molecule has 5 heteroatoms. The Morgan fingerprint density at radius 1 is 1.31 bits per heavy atom. The quantitative estimate of drug-likeness (QED) is 0.889. The van der Waals surface area contributed by atoms with Crippen molar-refractivity contribution < 1.29 is 4.79 Å². The predicted octanol–water partition coefficient (Wildman–Crippen LogP) is 3.44. The van der Waals surface area contributed by atoms with E-state index in [-0.39, 0.29) is 17.9 Å². The van der Waals surface area contributed by atoms with Crippen molar-refractivity contribution in [1.82, 2.24) is 15.1 Å². The van der Waals surface area contributed by atoms with Gasteiger partial charge in [-0.25, -0.2) is 4.68 Å². The summed E-state index contributed by atoms with van der Waals surface area (Å²) in [5.41, 5.74) is 3.78. The fraction of sp³-hybridized carbons (Fsp3) is 0.524. The third-order valence-electron chi connectivity index (χ3n) is 5.85. The summed E-state index contributed by atoms with van der Waals surface area (Å²) < 4.78 is 2.04. The van der Waals surface area contributed by atoms with Gasteiger partial charge >= 0.3 is 0 Å². The second-order valence-electron chi connectivity index (χ2n) is 7.79. The number of nitrogens with one attached hydrogen (secondary N) is 2. The summed E-state index contributed by atoms with van der Waals surface area (Å²) >= 11 is 0. The minimum atomic E-state index is 0.0765. The Hall–Kier alpha value is -2.14. The molecule has 1 saturated heterocycles. The van der Waals surface area contributed by atoms with Crippen LogP contribution in [0, 0.1) is 12.8 Å². The number of hydrogen-bond acceptors (Lipinski definition) is 3. The lowest BCUT2D eigenvalue weighted by atomic mass is 9.88. The van der Waals surface area contributed by atoms with E-state index in [0.29, 0.717) is 6.04 Å². The molecule has 3 atom stereocenters. The summed E-state index contributed by atoms with van der Waals surface area (Å²) in [5, 5.41) is 11.3. The van der Waals surface area contributed by atoms with Crippen LogP contribution in [0.25, 0.3) is 0 Å². The Morgan fingerprint density at radius 2 is 2.15 bits per heavy atom. The van der Waals surface area contributed by atoms with Crippen molar-refractivity contribution in [3.8, 4) is 0 Å². The van der Waals surface area contributed by atoms with Gasteiger partial charge in [-0.1, -0.05) is 24.3 Å². The van der Waals surface area contributed by atoms with Crippen LogP contribution in [0.15, 0.2) is 30.5 Å². The zero-order valence-corrected chi connectivity index (χ0v) is 15.7. The number of nitrogens with zero attached hydrogens (tertiary/aromatic N) is 2. The van der Waals surface area contributed by atoms with Gasteiger partial charge in [-0.15, -0.1) is 0 Å². The van der Waals surface area contributed by atoms with Crippen molar-refractivity contribution >= 4 is 11.7 Å². The fourth-order valence-corrected chi connectivity index (χ4v) is 4.41. The largest absolute Gasteiger partial charge is 0.314 e. The molecule has 26 heavy (non-hydrogen) atoms. The maximum absolute atomic E-state index is 12.9. The lowest BCUT2D eigenvalue weighted by Crippen LogP contribution is -2.40. The number of amides is 1. The minimum absolute atomic E-state index is 0.0765. The molecule has 1 aromatic heterocycles. The predicted molar refractivity (Wildman–Crippen MR) is 103 cm³/mol. The molecule has 2 aliphatic rings. The van der Waals surface area contributed by atoms with Crippen LogP contribution in [0.1, 0.15) is 55.3 Å². The van der Waals surface area contributed by atoms with Gasteiger partial charge in [0.1, 0.15) is 5.82 Å². The van der Waals surface area contributed by atoms with E-state index >= 15 is 0 Å². The van der Waals surface area contributed by atoms with E-state index in [4.69, 9.17) is 0 Å². The fourth-order valence-electron chi connectivity index (χ4n) is 4.41. The monoisotopic (exact) mass is 352 g/mol. The second kappa shape index (κ2) is 7.23. The molecule has 1 aromatic carbocycles. The summed E-state index contributed by atoms with van der Waals surface area (Å²) in [7, 11) is 0. The SMILES string of the molecule is Cc1cnn(C2CCCc3ccccc32)c1NC(=O)[C@H]1CCN[C@@H](C)C1. The van der Waals surface area contributed by atoms with Gasteiger partial charge in [0.15, 0.2) is 0 Å². The number of carbonyl (C=O) groups is 1. The molecule has 2 heterocycles. The molecule has 4 rings (SSSR count). The highest BCUT2D eigenvalue weighted by molar-refractivity contribution is 5.92.